The first kappa shape index (κ1) is 14.3. The van der Waals surface area contributed by atoms with Gasteiger partial charge in [-0.2, -0.15) is 5.10 Å². The first-order valence-electron chi connectivity index (χ1n) is 7.45. The maximum atomic E-state index is 12.4. The Morgan fingerprint density at radius 3 is 2.59 bits per heavy atom. The summed E-state index contributed by atoms with van der Waals surface area (Å²) in [4.78, 5) is 16.8. The fourth-order valence-corrected chi connectivity index (χ4v) is 2.36. The number of aromatic nitrogens is 3. The molecule has 22 heavy (non-hydrogen) atoms. The standard InChI is InChI=1S/C17H18N4O/c1-3-12-5-7-13(8-6-12)19-17(22)15-11-14(4-2)21-16(20-15)9-10-18-21/h5-11H,3-4H2,1-2H3,(H,19,22). The number of carbonyl (C=O) groups is 1. The van der Waals surface area contributed by atoms with Gasteiger partial charge in [-0.25, -0.2) is 9.50 Å². The zero-order valence-corrected chi connectivity index (χ0v) is 12.7. The molecule has 1 aromatic carbocycles. The van der Waals surface area contributed by atoms with Gasteiger partial charge >= 0.3 is 0 Å². The molecule has 0 radical (unpaired) electrons. The van der Waals surface area contributed by atoms with Crippen molar-refractivity contribution in [1.82, 2.24) is 14.6 Å². The number of hydrogen-bond acceptors (Lipinski definition) is 3. The molecule has 0 aliphatic heterocycles. The van der Waals surface area contributed by atoms with Crippen LogP contribution in [0.15, 0.2) is 42.6 Å². The van der Waals surface area contributed by atoms with Crippen molar-refractivity contribution in [3.63, 3.8) is 0 Å². The lowest BCUT2D eigenvalue weighted by atomic mass is 10.1. The average Bonchev–Trinajstić information content (AvgIpc) is 3.03. The van der Waals surface area contributed by atoms with Crippen molar-refractivity contribution in [2.45, 2.75) is 26.7 Å². The van der Waals surface area contributed by atoms with Gasteiger partial charge in [0.2, 0.25) is 0 Å². The van der Waals surface area contributed by atoms with E-state index in [-0.39, 0.29) is 5.91 Å². The number of rotatable bonds is 4. The van der Waals surface area contributed by atoms with Crippen molar-refractivity contribution < 1.29 is 4.79 Å². The molecule has 0 unspecified atom stereocenters. The number of benzene rings is 1. The zero-order chi connectivity index (χ0) is 15.5. The monoisotopic (exact) mass is 294 g/mol. The van der Waals surface area contributed by atoms with Crippen LogP contribution in [0, 0.1) is 0 Å². The van der Waals surface area contributed by atoms with Gasteiger partial charge in [-0.05, 0) is 36.6 Å². The Hall–Kier alpha value is -2.69. The lowest BCUT2D eigenvalue weighted by Gasteiger charge is -2.08. The fraction of sp³-hybridized carbons (Fsp3) is 0.235. The molecule has 0 aliphatic rings. The summed E-state index contributed by atoms with van der Waals surface area (Å²) < 4.78 is 1.76. The Kier molecular flexibility index (Phi) is 3.87. The summed E-state index contributed by atoms with van der Waals surface area (Å²) >= 11 is 0. The number of carbonyl (C=O) groups excluding carboxylic acids is 1. The topological polar surface area (TPSA) is 59.3 Å². The third-order valence-corrected chi connectivity index (χ3v) is 3.65. The second-order valence-electron chi connectivity index (χ2n) is 5.09. The Morgan fingerprint density at radius 2 is 1.91 bits per heavy atom. The first-order valence-corrected chi connectivity index (χ1v) is 7.45. The number of hydrogen-bond donors (Lipinski definition) is 1. The smallest absolute Gasteiger partial charge is 0.274 e. The van der Waals surface area contributed by atoms with Crippen molar-refractivity contribution >= 4 is 17.2 Å². The van der Waals surface area contributed by atoms with Gasteiger partial charge in [0.1, 0.15) is 5.69 Å². The van der Waals surface area contributed by atoms with Crippen LogP contribution in [0.2, 0.25) is 0 Å². The Morgan fingerprint density at radius 1 is 1.14 bits per heavy atom. The molecule has 0 spiro atoms. The van der Waals surface area contributed by atoms with Gasteiger partial charge in [0.25, 0.3) is 5.91 Å². The molecule has 1 N–H and O–H groups in total. The van der Waals surface area contributed by atoms with Crippen LogP contribution >= 0.6 is 0 Å². The zero-order valence-electron chi connectivity index (χ0n) is 12.7. The van der Waals surface area contributed by atoms with Crippen LogP contribution in [-0.2, 0) is 12.8 Å². The van der Waals surface area contributed by atoms with Crippen LogP contribution in [0.5, 0.6) is 0 Å². The molecule has 5 nitrogen and oxygen atoms in total. The molecule has 0 fully saturated rings. The Bertz CT molecular complexity index is 805. The second kappa shape index (κ2) is 5.97. The van der Waals surface area contributed by atoms with Gasteiger partial charge in [-0.1, -0.05) is 26.0 Å². The van der Waals surface area contributed by atoms with E-state index >= 15 is 0 Å². The molecule has 3 aromatic rings. The SMILES string of the molecule is CCc1ccc(NC(=O)c2cc(CC)n3nccc3n2)cc1. The highest BCUT2D eigenvalue weighted by Crippen LogP contribution is 2.13. The van der Waals surface area contributed by atoms with E-state index in [9.17, 15) is 4.79 Å². The molecule has 2 aromatic heterocycles. The largest absolute Gasteiger partial charge is 0.321 e. The van der Waals surface area contributed by atoms with Crippen molar-refractivity contribution in [2.24, 2.45) is 0 Å². The van der Waals surface area contributed by atoms with Gasteiger partial charge in [-0.3, -0.25) is 4.79 Å². The van der Waals surface area contributed by atoms with E-state index in [1.54, 1.807) is 22.8 Å². The quantitative estimate of drug-likeness (QED) is 0.804. The van der Waals surface area contributed by atoms with Gasteiger partial charge in [0.15, 0.2) is 5.65 Å². The minimum absolute atomic E-state index is 0.206. The molecular formula is C17H18N4O. The van der Waals surface area contributed by atoms with E-state index in [1.165, 1.54) is 5.56 Å². The molecular weight excluding hydrogens is 276 g/mol. The third kappa shape index (κ3) is 2.70. The number of anilines is 1. The number of fused-ring (bicyclic) bond motifs is 1. The van der Waals surface area contributed by atoms with Gasteiger partial charge in [0, 0.05) is 17.4 Å². The molecule has 3 rings (SSSR count). The maximum absolute atomic E-state index is 12.4. The fourth-order valence-electron chi connectivity index (χ4n) is 2.36. The Labute approximate surface area is 129 Å². The highest BCUT2D eigenvalue weighted by molar-refractivity contribution is 6.03. The van der Waals surface area contributed by atoms with Crippen LogP contribution in [0.25, 0.3) is 5.65 Å². The summed E-state index contributed by atoms with van der Waals surface area (Å²) in [6.45, 7) is 4.13. The maximum Gasteiger partial charge on any atom is 0.274 e. The molecule has 0 bridgehead atoms. The molecule has 0 aliphatic carbocycles. The summed E-state index contributed by atoms with van der Waals surface area (Å²) in [6.07, 6.45) is 3.45. The summed E-state index contributed by atoms with van der Waals surface area (Å²) in [5.74, 6) is -0.206. The lowest BCUT2D eigenvalue weighted by Crippen LogP contribution is -2.15. The van der Waals surface area contributed by atoms with Gasteiger partial charge < -0.3 is 5.32 Å². The van der Waals surface area contributed by atoms with E-state index in [0.29, 0.717) is 11.3 Å². The van der Waals surface area contributed by atoms with E-state index < -0.39 is 0 Å². The number of nitrogens with zero attached hydrogens (tertiary/aromatic N) is 3. The van der Waals surface area contributed by atoms with Crippen LogP contribution in [-0.4, -0.2) is 20.5 Å². The van der Waals surface area contributed by atoms with Crippen LogP contribution in [0.1, 0.15) is 35.6 Å². The van der Waals surface area contributed by atoms with Crippen molar-refractivity contribution in [3.8, 4) is 0 Å². The van der Waals surface area contributed by atoms with E-state index in [0.717, 1.165) is 24.2 Å². The van der Waals surface area contributed by atoms with E-state index in [1.807, 2.05) is 31.2 Å². The minimum atomic E-state index is -0.206. The minimum Gasteiger partial charge on any atom is -0.321 e. The van der Waals surface area contributed by atoms with E-state index in [2.05, 4.69) is 22.3 Å². The summed E-state index contributed by atoms with van der Waals surface area (Å²) in [5.41, 5.74) is 4.07. The van der Waals surface area contributed by atoms with Crippen molar-refractivity contribution in [2.75, 3.05) is 5.32 Å². The van der Waals surface area contributed by atoms with Gasteiger partial charge in [-0.15, -0.1) is 0 Å². The van der Waals surface area contributed by atoms with Crippen LogP contribution in [0.4, 0.5) is 5.69 Å². The molecule has 112 valence electrons. The van der Waals surface area contributed by atoms with Crippen molar-refractivity contribution in [3.05, 3.63) is 59.5 Å². The highest BCUT2D eigenvalue weighted by atomic mass is 16.1. The van der Waals surface area contributed by atoms with Crippen LogP contribution < -0.4 is 5.32 Å². The summed E-state index contributed by atoms with van der Waals surface area (Å²) in [7, 11) is 0. The van der Waals surface area contributed by atoms with Crippen LogP contribution in [0.3, 0.4) is 0 Å². The summed E-state index contributed by atoms with van der Waals surface area (Å²) in [5, 5.41) is 7.10. The average molecular weight is 294 g/mol. The Balaban J connectivity index is 1.87. The predicted octanol–water partition coefficient (Wildman–Crippen LogP) is 3.11. The number of amides is 1. The molecule has 0 atom stereocenters. The molecule has 5 heteroatoms. The first-order chi connectivity index (χ1) is 10.7. The number of nitrogens with one attached hydrogen (secondary N) is 1. The van der Waals surface area contributed by atoms with Crippen molar-refractivity contribution in [1.29, 1.82) is 0 Å². The van der Waals surface area contributed by atoms with E-state index in [4.69, 9.17) is 0 Å². The molecule has 1 amide bonds. The molecule has 2 heterocycles. The summed E-state index contributed by atoms with van der Waals surface area (Å²) in [6, 6.07) is 11.4. The predicted molar refractivity (Wildman–Crippen MR) is 86.1 cm³/mol. The highest BCUT2D eigenvalue weighted by Gasteiger charge is 2.12. The lowest BCUT2D eigenvalue weighted by molar-refractivity contribution is 0.102. The molecule has 0 saturated heterocycles. The number of aryl methyl sites for hydroxylation is 2. The molecule has 0 saturated carbocycles. The second-order valence-corrected chi connectivity index (χ2v) is 5.09. The normalized spacial score (nSPS) is 10.8. The van der Waals surface area contributed by atoms with Gasteiger partial charge in [0.05, 0.1) is 6.20 Å². The third-order valence-electron chi connectivity index (χ3n) is 3.65.